The van der Waals surface area contributed by atoms with Crippen LogP contribution in [0.15, 0.2) is 48.5 Å². The van der Waals surface area contributed by atoms with E-state index in [1.54, 1.807) is 0 Å². The van der Waals surface area contributed by atoms with Crippen LogP contribution in [0.4, 0.5) is 0 Å². The van der Waals surface area contributed by atoms with Crippen LogP contribution >= 0.6 is 11.6 Å². The summed E-state index contributed by atoms with van der Waals surface area (Å²) in [6.45, 7) is 0. The molecule has 2 atom stereocenters. The molecular formula is C16H15ClO. The van der Waals surface area contributed by atoms with Crippen molar-refractivity contribution in [3.8, 4) is 0 Å². The van der Waals surface area contributed by atoms with Crippen LogP contribution in [0.3, 0.4) is 0 Å². The van der Waals surface area contributed by atoms with E-state index in [0.717, 1.165) is 18.4 Å². The van der Waals surface area contributed by atoms with Gasteiger partial charge in [0.15, 0.2) is 0 Å². The minimum Gasteiger partial charge on any atom is -0.388 e. The first-order valence-electron chi connectivity index (χ1n) is 6.27. The van der Waals surface area contributed by atoms with Gasteiger partial charge in [-0.1, -0.05) is 48.0 Å². The maximum absolute atomic E-state index is 10.5. The summed E-state index contributed by atoms with van der Waals surface area (Å²) in [7, 11) is 0. The van der Waals surface area contributed by atoms with Gasteiger partial charge in [-0.3, -0.25) is 0 Å². The Balaban J connectivity index is 1.99. The number of hydrogen-bond acceptors (Lipinski definition) is 1. The van der Waals surface area contributed by atoms with Gasteiger partial charge in [0.25, 0.3) is 0 Å². The molecule has 2 heteroatoms. The van der Waals surface area contributed by atoms with E-state index >= 15 is 0 Å². The van der Waals surface area contributed by atoms with Gasteiger partial charge in [-0.15, -0.1) is 0 Å². The Labute approximate surface area is 112 Å². The molecule has 0 saturated carbocycles. The van der Waals surface area contributed by atoms with Crippen molar-refractivity contribution in [2.75, 3.05) is 0 Å². The zero-order valence-corrected chi connectivity index (χ0v) is 10.8. The Morgan fingerprint density at radius 2 is 1.83 bits per heavy atom. The molecule has 2 aromatic rings. The topological polar surface area (TPSA) is 20.2 Å². The fourth-order valence-electron chi connectivity index (χ4n) is 2.80. The minimum absolute atomic E-state index is 0.178. The van der Waals surface area contributed by atoms with Gasteiger partial charge in [0.2, 0.25) is 0 Å². The number of fused-ring (bicyclic) bond motifs is 1. The highest BCUT2D eigenvalue weighted by Crippen LogP contribution is 2.41. The maximum atomic E-state index is 10.5. The van der Waals surface area contributed by atoms with Crippen LogP contribution in [0.25, 0.3) is 0 Å². The summed E-state index contributed by atoms with van der Waals surface area (Å²) in [5.74, 6) is 0.178. The van der Waals surface area contributed by atoms with Crippen molar-refractivity contribution in [2.24, 2.45) is 0 Å². The zero-order valence-electron chi connectivity index (χ0n) is 10.0. The number of rotatable bonds is 1. The van der Waals surface area contributed by atoms with Crippen LogP contribution in [0, 0.1) is 0 Å². The summed E-state index contributed by atoms with van der Waals surface area (Å²) in [6, 6.07) is 16.1. The van der Waals surface area contributed by atoms with E-state index < -0.39 is 6.10 Å². The number of hydrogen-bond donors (Lipinski definition) is 1. The molecule has 3 rings (SSSR count). The first-order chi connectivity index (χ1) is 8.75. The van der Waals surface area contributed by atoms with Gasteiger partial charge >= 0.3 is 0 Å². The molecule has 92 valence electrons. The number of benzene rings is 2. The lowest BCUT2D eigenvalue weighted by atomic mass is 9.78. The van der Waals surface area contributed by atoms with Crippen molar-refractivity contribution < 1.29 is 5.11 Å². The molecule has 0 spiro atoms. The summed E-state index contributed by atoms with van der Waals surface area (Å²) >= 11 is 6.02. The van der Waals surface area contributed by atoms with Crippen molar-refractivity contribution >= 4 is 11.6 Å². The normalized spacial score (nSPS) is 22.6. The first kappa shape index (κ1) is 11.8. The number of halogens is 1. The van der Waals surface area contributed by atoms with Crippen LogP contribution in [-0.4, -0.2) is 5.11 Å². The second-order valence-electron chi connectivity index (χ2n) is 4.84. The van der Waals surface area contributed by atoms with E-state index in [4.69, 9.17) is 11.6 Å². The molecule has 2 aromatic carbocycles. The van der Waals surface area contributed by atoms with Crippen molar-refractivity contribution in [2.45, 2.75) is 24.9 Å². The van der Waals surface area contributed by atoms with Crippen LogP contribution in [0.1, 0.15) is 35.1 Å². The summed E-state index contributed by atoms with van der Waals surface area (Å²) in [5.41, 5.74) is 3.41. The van der Waals surface area contributed by atoms with Crippen molar-refractivity contribution in [3.05, 3.63) is 70.2 Å². The van der Waals surface area contributed by atoms with Crippen molar-refractivity contribution in [1.29, 1.82) is 0 Å². The minimum atomic E-state index is -0.449. The fraction of sp³-hybridized carbons (Fsp3) is 0.250. The summed E-state index contributed by atoms with van der Waals surface area (Å²) in [5, 5.41) is 11.2. The number of aliphatic hydroxyl groups is 1. The van der Waals surface area contributed by atoms with E-state index in [1.165, 1.54) is 11.1 Å². The highest BCUT2D eigenvalue weighted by atomic mass is 35.5. The Kier molecular flexibility index (Phi) is 3.11. The predicted molar refractivity (Wildman–Crippen MR) is 73.9 cm³/mol. The standard InChI is InChI=1S/C16H15ClO/c17-13-8-6-12-7-9-14(16(18)15(12)10-13)11-4-2-1-3-5-11/h1-6,8,10,14,16,18H,7,9H2/t14-,16+/m0/s1. The summed E-state index contributed by atoms with van der Waals surface area (Å²) in [4.78, 5) is 0. The molecule has 1 nitrogen and oxygen atoms in total. The first-order valence-corrected chi connectivity index (χ1v) is 6.65. The Morgan fingerprint density at radius 1 is 1.06 bits per heavy atom. The molecule has 0 aromatic heterocycles. The fourth-order valence-corrected chi connectivity index (χ4v) is 2.98. The van der Waals surface area contributed by atoms with Crippen LogP contribution in [0.5, 0.6) is 0 Å². The van der Waals surface area contributed by atoms with Gasteiger partial charge in [-0.2, -0.15) is 0 Å². The predicted octanol–water partition coefficient (Wildman–Crippen LogP) is 4.10. The molecular weight excluding hydrogens is 244 g/mol. The average molecular weight is 259 g/mol. The SMILES string of the molecule is O[C@H]1c2cc(Cl)ccc2CC[C@H]1c1ccccc1. The lowest BCUT2D eigenvalue weighted by Crippen LogP contribution is -2.18. The van der Waals surface area contributed by atoms with Crippen molar-refractivity contribution in [1.82, 2.24) is 0 Å². The van der Waals surface area contributed by atoms with Gasteiger partial charge in [-0.05, 0) is 41.7 Å². The average Bonchev–Trinajstić information content (AvgIpc) is 2.41. The smallest absolute Gasteiger partial charge is 0.0861 e. The number of aryl methyl sites for hydroxylation is 1. The van der Waals surface area contributed by atoms with E-state index in [-0.39, 0.29) is 5.92 Å². The summed E-state index contributed by atoms with van der Waals surface area (Å²) < 4.78 is 0. The van der Waals surface area contributed by atoms with E-state index in [1.807, 2.05) is 36.4 Å². The molecule has 0 bridgehead atoms. The molecule has 0 aliphatic heterocycles. The van der Waals surface area contributed by atoms with Crippen LogP contribution in [0.2, 0.25) is 5.02 Å². The molecule has 0 fully saturated rings. The van der Waals surface area contributed by atoms with Gasteiger partial charge < -0.3 is 5.11 Å². The molecule has 0 radical (unpaired) electrons. The molecule has 0 amide bonds. The third-order valence-electron chi connectivity index (χ3n) is 3.76. The van der Waals surface area contributed by atoms with E-state index in [0.29, 0.717) is 5.02 Å². The highest BCUT2D eigenvalue weighted by Gasteiger charge is 2.28. The Hall–Kier alpha value is -1.31. The molecule has 0 unspecified atom stereocenters. The van der Waals surface area contributed by atoms with Gasteiger partial charge in [0.05, 0.1) is 6.10 Å². The second kappa shape index (κ2) is 4.75. The molecule has 18 heavy (non-hydrogen) atoms. The number of aliphatic hydroxyl groups excluding tert-OH is 1. The highest BCUT2D eigenvalue weighted by molar-refractivity contribution is 6.30. The lowest BCUT2D eigenvalue weighted by Gasteiger charge is -2.30. The Morgan fingerprint density at radius 3 is 2.61 bits per heavy atom. The Bertz CT molecular complexity index is 550. The third kappa shape index (κ3) is 2.05. The van der Waals surface area contributed by atoms with Crippen LogP contribution in [-0.2, 0) is 6.42 Å². The zero-order chi connectivity index (χ0) is 12.5. The van der Waals surface area contributed by atoms with Crippen LogP contribution < -0.4 is 0 Å². The van der Waals surface area contributed by atoms with Crippen molar-refractivity contribution in [3.63, 3.8) is 0 Å². The monoisotopic (exact) mass is 258 g/mol. The molecule has 1 aliphatic carbocycles. The second-order valence-corrected chi connectivity index (χ2v) is 5.28. The maximum Gasteiger partial charge on any atom is 0.0861 e. The molecule has 0 heterocycles. The van der Waals surface area contributed by atoms with Gasteiger partial charge in [0.1, 0.15) is 0 Å². The van der Waals surface area contributed by atoms with E-state index in [9.17, 15) is 5.11 Å². The molecule has 1 N–H and O–H groups in total. The van der Waals surface area contributed by atoms with E-state index in [2.05, 4.69) is 12.1 Å². The largest absolute Gasteiger partial charge is 0.388 e. The summed E-state index contributed by atoms with van der Waals surface area (Å²) in [6.07, 6.45) is 1.54. The quantitative estimate of drug-likeness (QED) is 0.816. The molecule has 1 aliphatic rings. The van der Waals surface area contributed by atoms with Gasteiger partial charge in [-0.25, -0.2) is 0 Å². The lowest BCUT2D eigenvalue weighted by molar-refractivity contribution is 0.131. The molecule has 0 saturated heterocycles. The third-order valence-corrected chi connectivity index (χ3v) is 4.00. The van der Waals surface area contributed by atoms with Gasteiger partial charge in [0, 0.05) is 10.9 Å².